The Labute approximate surface area is 94.3 Å². The van der Waals surface area contributed by atoms with E-state index < -0.39 is 0 Å². The minimum absolute atomic E-state index is 0.321. The number of hydrogen-bond acceptors (Lipinski definition) is 3. The highest BCUT2D eigenvalue weighted by molar-refractivity contribution is 8.01. The molecule has 0 heterocycles. The molecular weight excluding hydrogens is 216 g/mol. The monoisotopic (exact) mass is 230 g/mol. The molecule has 1 rings (SSSR count). The molecule has 0 bridgehead atoms. The van der Waals surface area contributed by atoms with Crippen molar-refractivity contribution in [1.82, 2.24) is 0 Å². The molecule has 0 amide bonds. The predicted octanol–water partition coefficient (Wildman–Crippen LogP) is 4.12. The summed E-state index contributed by atoms with van der Waals surface area (Å²) in [6.07, 6.45) is 4.22. The van der Waals surface area contributed by atoms with E-state index >= 15 is 0 Å². The molecule has 3 heteroatoms. The van der Waals surface area contributed by atoms with Gasteiger partial charge in [0.1, 0.15) is 0 Å². The molecule has 1 unspecified atom stereocenters. The van der Waals surface area contributed by atoms with Gasteiger partial charge in [0, 0.05) is 15.0 Å². The van der Waals surface area contributed by atoms with Crippen LogP contribution in [0.3, 0.4) is 0 Å². The van der Waals surface area contributed by atoms with Crippen molar-refractivity contribution in [3.63, 3.8) is 0 Å². The summed E-state index contributed by atoms with van der Waals surface area (Å²) in [6, 6.07) is 6.57. The fourth-order valence-electron chi connectivity index (χ4n) is 1.11. The highest BCUT2D eigenvalue weighted by Gasteiger charge is 2.04. The van der Waals surface area contributed by atoms with Crippen LogP contribution in [0, 0.1) is 0 Å². The Balaban J connectivity index is 3.05. The normalized spacial score (nSPS) is 12.9. The van der Waals surface area contributed by atoms with Crippen LogP contribution in [0.4, 0.5) is 0 Å². The average molecular weight is 230 g/mol. The van der Waals surface area contributed by atoms with Crippen molar-refractivity contribution in [3.05, 3.63) is 23.8 Å². The lowest BCUT2D eigenvalue weighted by Crippen LogP contribution is -1.86. The first-order valence-electron chi connectivity index (χ1n) is 4.09. The van der Waals surface area contributed by atoms with E-state index in [1.54, 1.807) is 23.5 Å². The number of hydrogen-bond donors (Lipinski definition) is 1. The fraction of sp³-hybridized carbons (Fsp3) is 0.400. The maximum absolute atomic E-state index is 4.42. The lowest BCUT2D eigenvalue weighted by Gasteiger charge is -2.09. The summed E-state index contributed by atoms with van der Waals surface area (Å²) in [7, 11) is 0. The topological polar surface area (TPSA) is 0 Å². The van der Waals surface area contributed by atoms with Gasteiger partial charge in [0.15, 0.2) is 0 Å². The van der Waals surface area contributed by atoms with Gasteiger partial charge in [-0.2, -0.15) is 12.6 Å². The van der Waals surface area contributed by atoms with Crippen LogP contribution in [-0.2, 0) is 0 Å². The molecule has 1 aromatic carbocycles. The summed E-state index contributed by atoms with van der Waals surface area (Å²) < 4.78 is 0. The molecule has 0 aliphatic carbocycles. The number of benzene rings is 1. The maximum atomic E-state index is 4.42. The first-order valence-corrected chi connectivity index (χ1v) is 7.05. The van der Waals surface area contributed by atoms with Crippen molar-refractivity contribution in [2.24, 2.45) is 0 Å². The van der Waals surface area contributed by atoms with Crippen LogP contribution >= 0.6 is 36.2 Å². The third-order valence-electron chi connectivity index (χ3n) is 1.89. The Kier molecular flexibility index (Phi) is 4.56. The Bertz CT molecular complexity index is 281. The molecule has 13 heavy (non-hydrogen) atoms. The van der Waals surface area contributed by atoms with E-state index in [0.29, 0.717) is 5.25 Å². The minimum atomic E-state index is 0.321. The van der Waals surface area contributed by atoms with Gasteiger partial charge in [0.25, 0.3) is 0 Å². The van der Waals surface area contributed by atoms with Crippen molar-refractivity contribution in [1.29, 1.82) is 0 Å². The van der Waals surface area contributed by atoms with Gasteiger partial charge in [-0.15, -0.1) is 23.5 Å². The zero-order valence-corrected chi connectivity index (χ0v) is 10.6. The van der Waals surface area contributed by atoms with Crippen LogP contribution in [0.25, 0.3) is 0 Å². The van der Waals surface area contributed by atoms with E-state index in [1.807, 2.05) is 0 Å². The summed E-state index contributed by atoms with van der Waals surface area (Å²) in [5.74, 6) is 0. The van der Waals surface area contributed by atoms with Crippen molar-refractivity contribution < 1.29 is 0 Å². The quantitative estimate of drug-likeness (QED) is 0.613. The molecule has 0 aliphatic rings. The summed E-state index contributed by atoms with van der Waals surface area (Å²) in [6.45, 7) is 2.10. The van der Waals surface area contributed by atoms with E-state index in [-0.39, 0.29) is 0 Å². The van der Waals surface area contributed by atoms with E-state index in [0.717, 1.165) is 0 Å². The van der Waals surface area contributed by atoms with E-state index in [9.17, 15) is 0 Å². The van der Waals surface area contributed by atoms with Gasteiger partial charge in [0.2, 0.25) is 0 Å². The highest BCUT2D eigenvalue weighted by atomic mass is 32.2. The fourth-order valence-corrected chi connectivity index (χ4v) is 2.76. The second kappa shape index (κ2) is 5.23. The van der Waals surface area contributed by atoms with Crippen LogP contribution in [-0.4, -0.2) is 12.5 Å². The molecule has 0 aliphatic heterocycles. The second-order valence-corrected chi connectivity index (χ2v) is 5.26. The van der Waals surface area contributed by atoms with Crippen molar-refractivity contribution in [3.8, 4) is 0 Å². The third kappa shape index (κ3) is 2.86. The molecule has 0 saturated carbocycles. The number of thioether (sulfide) groups is 2. The molecule has 72 valence electrons. The van der Waals surface area contributed by atoms with E-state index in [1.165, 1.54) is 15.4 Å². The van der Waals surface area contributed by atoms with E-state index in [2.05, 4.69) is 50.3 Å². The highest BCUT2D eigenvalue weighted by Crippen LogP contribution is 2.31. The molecule has 0 fully saturated rings. The summed E-state index contributed by atoms with van der Waals surface area (Å²) in [5.41, 5.74) is 1.30. The lowest BCUT2D eigenvalue weighted by molar-refractivity contribution is 1.07. The molecule has 0 N–H and O–H groups in total. The Morgan fingerprint density at radius 2 is 1.77 bits per heavy atom. The van der Waals surface area contributed by atoms with Crippen molar-refractivity contribution >= 4 is 36.2 Å². The summed E-state index contributed by atoms with van der Waals surface area (Å²) >= 11 is 8.01. The van der Waals surface area contributed by atoms with Gasteiger partial charge >= 0.3 is 0 Å². The Morgan fingerprint density at radius 1 is 1.15 bits per heavy atom. The second-order valence-electron chi connectivity index (χ2n) is 2.79. The molecule has 0 radical (unpaired) electrons. The minimum Gasteiger partial charge on any atom is -0.171 e. The third-order valence-corrected chi connectivity index (χ3v) is 3.89. The molecule has 0 saturated heterocycles. The van der Waals surface area contributed by atoms with E-state index in [4.69, 9.17) is 0 Å². The first-order chi connectivity index (χ1) is 6.19. The molecule has 0 spiro atoms. The predicted molar refractivity (Wildman–Crippen MR) is 67.4 cm³/mol. The van der Waals surface area contributed by atoms with Gasteiger partial charge < -0.3 is 0 Å². The maximum Gasteiger partial charge on any atom is 0.0239 e. The van der Waals surface area contributed by atoms with Gasteiger partial charge in [-0.25, -0.2) is 0 Å². The Hall–Kier alpha value is 0.270. The standard InChI is InChI=1S/C10H14S3/c1-7(11)8-4-5-9(12-2)10(6-8)13-3/h4-7,11H,1-3H3. The summed E-state index contributed by atoms with van der Waals surface area (Å²) in [5, 5.41) is 0.321. The van der Waals surface area contributed by atoms with Gasteiger partial charge in [0.05, 0.1) is 0 Å². The molecule has 1 aromatic rings. The molecule has 0 aromatic heterocycles. The Morgan fingerprint density at radius 3 is 2.23 bits per heavy atom. The first kappa shape index (κ1) is 11.3. The number of thiol groups is 1. The zero-order chi connectivity index (χ0) is 9.84. The lowest BCUT2D eigenvalue weighted by atomic mass is 10.2. The van der Waals surface area contributed by atoms with Crippen LogP contribution < -0.4 is 0 Å². The van der Waals surface area contributed by atoms with Crippen LogP contribution in [0.5, 0.6) is 0 Å². The van der Waals surface area contributed by atoms with Crippen LogP contribution in [0.1, 0.15) is 17.7 Å². The van der Waals surface area contributed by atoms with Gasteiger partial charge in [-0.3, -0.25) is 0 Å². The molecule has 0 nitrogen and oxygen atoms in total. The number of rotatable bonds is 3. The molecular formula is C10H14S3. The van der Waals surface area contributed by atoms with Crippen molar-refractivity contribution in [2.75, 3.05) is 12.5 Å². The van der Waals surface area contributed by atoms with Gasteiger partial charge in [-0.1, -0.05) is 6.07 Å². The average Bonchev–Trinajstić information content (AvgIpc) is 2.16. The van der Waals surface area contributed by atoms with Crippen molar-refractivity contribution in [2.45, 2.75) is 22.0 Å². The van der Waals surface area contributed by atoms with Crippen LogP contribution in [0.2, 0.25) is 0 Å². The summed E-state index contributed by atoms with van der Waals surface area (Å²) in [4.78, 5) is 2.70. The largest absolute Gasteiger partial charge is 0.171 e. The smallest absolute Gasteiger partial charge is 0.0239 e. The van der Waals surface area contributed by atoms with Crippen LogP contribution in [0.15, 0.2) is 28.0 Å². The zero-order valence-electron chi connectivity index (χ0n) is 8.07. The molecule has 1 atom stereocenters. The SMILES string of the molecule is CSc1ccc(C(C)S)cc1SC. The van der Waals surface area contributed by atoms with Gasteiger partial charge in [-0.05, 0) is 37.1 Å².